The zero-order valence-electron chi connectivity index (χ0n) is 10.4. The first-order valence-corrected chi connectivity index (χ1v) is 5.95. The molecular weight excluding hydrogens is 224 g/mol. The lowest BCUT2D eigenvalue weighted by Crippen LogP contribution is -2.29. The molecule has 0 saturated heterocycles. The van der Waals surface area contributed by atoms with E-state index in [0.29, 0.717) is 0 Å². The van der Waals surface area contributed by atoms with E-state index in [2.05, 4.69) is 0 Å². The highest BCUT2D eigenvalue weighted by molar-refractivity contribution is 5.50. The number of nitriles is 2. The Balaban J connectivity index is 2.54. The molecule has 18 heavy (non-hydrogen) atoms. The van der Waals surface area contributed by atoms with E-state index in [9.17, 15) is 0 Å². The zero-order valence-corrected chi connectivity index (χ0v) is 10.4. The molecule has 0 aromatic carbocycles. The first-order valence-electron chi connectivity index (χ1n) is 5.95. The molecule has 2 atom stereocenters. The third-order valence-corrected chi connectivity index (χ3v) is 3.09. The van der Waals surface area contributed by atoms with Crippen LogP contribution in [0.25, 0.3) is 0 Å². The third kappa shape index (κ3) is 2.08. The van der Waals surface area contributed by atoms with Crippen LogP contribution in [-0.2, 0) is 4.74 Å². The van der Waals surface area contributed by atoms with E-state index < -0.39 is 0 Å². The van der Waals surface area contributed by atoms with Gasteiger partial charge in [-0.25, -0.2) is 0 Å². The van der Waals surface area contributed by atoms with E-state index in [-0.39, 0.29) is 23.5 Å². The van der Waals surface area contributed by atoms with Gasteiger partial charge in [0, 0.05) is 11.8 Å². The molecular formula is C15H14N2O. The summed E-state index contributed by atoms with van der Waals surface area (Å²) in [6.07, 6.45) is 9.53. The molecule has 0 N–H and O–H groups in total. The highest BCUT2D eigenvalue weighted by Gasteiger charge is 2.31. The quantitative estimate of drug-likeness (QED) is 0.660. The minimum Gasteiger partial charge on any atom is -0.489 e. The fourth-order valence-corrected chi connectivity index (χ4v) is 2.12. The van der Waals surface area contributed by atoms with Crippen LogP contribution < -0.4 is 0 Å². The molecule has 0 fully saturated rings. The van der Waals surface area contributed by atoms with Crippen molar-refractivity contribution >= 4 is 0 Å². The molecule has 3 nitrogen and oxygen atoms in total. The summed E-state index contributed by atoms with van der Waals surface area (Å²) in [5.41, 5.74) is 0.937. The SMILES string of the molecule is CC(C)C1=CC(=C(C#N)C#N)C2C=CC=CC2O1. The Labute approximate surface area is 107 Å². The van der Waals surface area contributed by atoms with Gasteiger partial charge in [-0.1, -0.05) is 32.1 Å². The maximum atomic E-state index is 9.05. The van der Waals surface area contributed by atoms with Gasteiger partial charge in [0.15, 0.2) is 0 Å². The summed E-state index contributed by atoms with van der Waals surface area (Å²) in [7, 11) is 0. The molecule has 0 saturated carbocycles. The Morgan fingerprint density at radius 3 is 2.50 bits per heavy atom. The summed E-state index contributed by atoms with van der Waals surface area (Å²) < 4.78 is 5.89. The lowest BCUT2D eigenvalue weighted by Gasteiger charge is -2.33. The molecule has 1 aliphatic carbocycles. The standard InChI is InChI=1S/C15H14N2O/c1-10(2)15-7-13(11(8-16)9-17)12-5-3-4-6-14(12)18-15/h3-7,10,12,14H,1-2H3. The fraction of sp³-hybridized carbons (Fsp3) is 0.333. The van der Waals surface area contributed by atoms with Gasteiger partial charge in [-0.15, -0.1) is 0 Å². The van der Waals surface area contributed by atoms with Gasteiger partial charge in [-0.2, -0.15) is 10.5 Å². The average molecular weight is 238 g/mol. The third-order valence-electron chi connectivity index (χ3n) is 3.09. The monoisotopic (exact) mass is 238 g/mol. The first kappa shape index (κ1) is 12.2. The van der Waals surface area contributed by atoms with E-state index in [1.54, 1.807) is 0 Å². The Hall–Kier alpha value is -2.26. The molecule has 1 aliphatic heterocycles. The van der Waals surface area contributed by atoms with Crippen molar-refractivity contribution in [2.75, 3.05) is 0 Å². The predicted molar refractivity (Wildman–Crippen MR) is 67.8 cm³/mol. The summed E-state index contributed by atoms with van der Waals surface area (Å²) in [5.74, 6) is 1.03. The van der Waals surface area contributed by atoms with Crippen molar-refractivity contribution < 1.29 is 4.74 Å². The number of allylic oxidation sites excluding steroid dienone is 5. The maximum absolute atomic E-state index is 9.05. The van der Waals surface area contributed by atoms with Crippen molar-refractivity contribution in [1.29, 1.82) is 10.5 Å². The van der Waals surface area contributed by atoms with Crippen LogP contribution in [0.4, 0.5) is 0 Å². The van der Waals surface area contributed by atoms with Gasteiger partial charge in [0.2, 0.25) is 0 Å². The zero-order chi connectivity index (χ0) is 13.1. The highest BCUT2D eigenvalue weighted by atomic mass is 16.5. The lowest BCUT2D eigenvalue weighted by molar-refractivity contribution is 0.100. The van der Waals surface area contributed by atoms with Crippen molar-refractivity contribution in [2.45, 2.75) is 20.0 Å². The van der Waals surface area contributed by atoms with E-state index in [1.807, 2.05) is 56.4 Å². The van der Waals surface area contributed by atoms with E-state index in [4.69, 9.17) is 15.3 Å². The molecule has 0 aromatic heterocycles. The molecule has 90 valence electrons. The average Bonchev–Trinajstić information content (AvgIpc) is 2.39. The number of rotatable bonds is 1. The minimum atomic E-state index is -0.107. The molecule has 2 rings (SSSR count). The minimum absolute atomic E-state index is 0.0354. The van der Waals surface area contributed by atoms with Gasteiger partial charge in [0.1, 0.15) is 23.8 Å². The van der Waals surface area contributed by atoms with Gasteiger partial charge < -0.3 is 4.74 Å². The van der Waals surface area contributed by atoms with E-state index in [1.165, 1.54) is 0 Å². The maximum Gasteiger partial charge on any atom is 0.133 e. The van der Waals surface area contributed by atoms with Crippen molar-refractivity contribution in [3.05, 3.63) is 47.3 Å². The van der Waals surface area contributed by atoms with Gasteiger partial charge in [0.05, 0.1) is 5.76 Å². The van der Waals surface area contributed by atoms with Crippen molar-refractivity contribution in [3.8, 4) is 12.1 Å². The summed E-state index contributed by atoms with van der Waals surface area (Å²) in [4.78, 5) is 0. The molecule has 0 spiro atoms. The van der Waals surface area contributed by atoms with Gasteiger partial charge in [0.25, 0.3) is 0 Å². The Morgan fingerprint density at radius 1 is 1.22 bits per heavy atom. The van der Waals surface area contributed by atoms with Gasteiger partial charge in [-0.05, 0) is 17.7 Å². The Morgan fingerprint density at radius 2 is 1.89 bits per heavy atom. The van der Waals surface area contributed by atoms with Crippen molar-refractivity contribution in [1.82, 2.24) is 0 Å². The lowest BCUT2D eigenvalue weighted by atomic mass is 9.84. The molecule has 2 aliphatic rings. The molecule has 0 bridgehead atoms. The number of fused-ring (bicyclic) bond motifs is 1. The number of ether oxygens (including phenoxy) is 1. The number of hydrogen-bond acceptors (Lipinski definition) is 3. The van der Waals surface area contributed by atoms with Crippen LogP contribution >= 0.6 is 0 Å². The summed E-state index contributed by atoms with van der Waals surface area (Å²) in [5, 5.41) is 18.1. The molecule has 1 heterocycles. The Bertz CT molecular complexity index is 534. The van der Waals surface area contributed by atoms with Gasteiger partial charge in [-0.3, -0.25) is 0 Å². The molecule has 3 heteroatoms. The molecule has 0 amide bonds. The topological polar surface area (TPSA) is 56.8 Å². The van der Waals surface area contributed by atoms with E-state index in [0.717, 1.165) is 11.3 Å². The second kappa shape index (κ2) is 4.94. The van der Waals surface area contributed by atoms with Crippen LogP contribution in [-0.4, -0.2) is 6.10 Å². The van der Waals surface area contributed by atoms with Gasteiger partial charge >= 0.3 is 0 Å². The summed E-state index contributed by atoms with van der Waals surface area (Å²) in [6.45, 7) is 4.06. The van der Waals surface area contributed by atoms with E-state index >= 15 is 0 Å². The number of nitrogens with zero attached hydrogens (tertiary/aromatic N) is 2. The normalized spacial score (nSPS) is 24.7. The smallest absolute Gasteiger partial charge is 0.133 e. The fourth-order valence-electron chi connectivity index (χ4n) is 2.12. The van der Waals surface area contributed by atoms with Crippen LogP contribution in [0.5, 0.6) is 0 Å². The summed E-state index contributed by atoms with van der Waals surface area (Å²) >= 11 is 0. The highest BCUT2D eigenvalue weighted by Crippen LogP contribution is 2.35. The predicted octanol–water partition coefficient (Wildman–Crippen LogP) is 3.01. The molecule has 0 aromatic rings. The largest absolute Gasteiger partial charge is 0.489 e. The van der Waals surface area contributed by atoms with Crippen LogP contribution in [0.1, 0.15) is 13.8 Å². The van der Waals surface area contributed by atoms with Crippen LogP contribution in [0, 0.1) is 34.5 Å². The first-order chi connectivity index (χ1) is 8.67. The second-order valence-corrected chi connectivity index (χ2v) is 4.63. The second-order valence-electron chi connectivity index (χ2n) is 4.63. The van der Waals surface area contributed by atoms with Crippen LogP contribution in [0.15, 0.2) is 47.3 Å². The van der Waals surface area contributed by atoms with Crippen molar-refractivity contribution in [3.63, 3.8) is 0 Å². The Kier molecular flexibility index (Phi) is 3.35. The van der Waals surface area contributed by atoms with Crippen LogP contribution in [0.2, 0.25) is 0 Å². The molecule has 2 unspecified atom stereocenters. The number of hydrogen-bond donors (Lipinski definition) is 0. The molecule has 0 radical (unpaired) electrons. The van der Waals surface area contributed by atoms with Crippen molar-refractivity contribution in [2.24, 2.45) is 11.8 Å². The summed E-state index contributed by atoms with van der Waals surface area (Å²) in [6, 6.07) is 3.95. The van der Waals surface area contributed by atoms with Crippen LogP contribution in [0.3, 0.4) is 0 Å².